The van der Waals surface area contributed by atoms with Crippen molar-refractivity contribution in [2.75, 3.05) is 0 Å². The molecule has 0 atom stereocenters. The van der Waals surface area contributed by atoms with Crippen molar-refractivity contribution in [2.45, 2.75) is 77.6 Å². The molecule has 132 valence electrons. The fraction of sp³-hybridized carbons (Fsp3) is 0.650. The fourth-order valence-electron chi connectivity index (χ4n) is 3.89. The molecule has 1 heterocycles. The van der Waals surface area contributed by atoms with Gasteiger partial charge < -0.3 is 15.4 Å². The molecular formula is C20H30N2O2. The predicted molar refractivity (Wildman–Crippen MR) is 95.8 cm³/mol. The average Bonchev–Trinajstić information content (AvgIpc) is 2.97. The Kier molecular flexibility index (Phi) is 5.14. The largest absolute Gasteiger partial charge is 0.444 e. The van der Waals surface area contributed by atoms with Gasteiger partial charge >= 0.3 is 6.09 Å². The zero-order valence-electron chi connectivity index (χ0n) is 15.2. The second-order valence-electron chi connectivity index (χ2n) is 8.23. The van der Waals surface area contributed by atoms with Gasteiger partial charge in [-0.15, -0.1) is 0 Å². The van der Waals surface area contributed by atoms with Crippen LogP contribution in [0.2, 0.25) is 0 Å². The number of alkyl carbamates (subject to hydrolysis) is 1. The lowest BCUT2D eigenvalue weighted by Gasteiger charge is -2.30. The zero-order chi connectivity index (χ0) is 17.2. The maximum absolute atomic E-state index is 11.9. The van der Waals surface area contributed by atoms with E-state index in [9.17, 15) is 4.79 Å². The first-order chi connectivity index (χ1) is 11.4. The van der Waals surface area contributed by atoms with Crippen LogP contribution in [0.4, 0.5) is 4.79 Å². The first-order valence-corrected chi connectivity index (χ1v) is 9.20. The predicted octanol–water partition coefficient (Wildman–Crippen LogP) is 3.92. The quantitative estimate of drug-likeness (QED) is 0.883. The highest BCUT2D eigenvalue weighted by Crippen LogP contribution is 2.30. The van der Waals surface area contributed by atoms with Crippen LogP contribution in [0.5, 0.6) is 0 Å². The molecule has 2 aliphatic rings. The maximum Gasteiger partial charge on any atom is 0.407 e. The molecule has 0 bridgehead atoms. The van der Waals surface area contributed by atoms with Crippen LogP contribution in [0.3, 0.4) is 0 Å². The molecule has 1 saturated carbocycles. The number of benzene rings is 1. The number of ether oxygens (including phenoxy) is 1. The van der Waals surface area contributed by atoms with Crippen molar-refractivity contribution in [3.63, 3.8) is 0 Å². The lowest BCUT2D eigenvalue weighted by molar-refractivity contribution is 0.0487. The highest BCUT2D eigenvalue weighted by molar-refractivity contribution is 5.68. The summed E-state index contributed by atoms with van der Waals surface area (Å²) in [4.78, 5) is 11.9. The summed E-state index contributed by atoms with van der Waals surface area (Å²) >= 11 is 0. The van der Waals surface area contributed by atoms with E-state index in [-0.39, 0.29) is 12.1 Å². The van der Waals surface area contributed by atoms with Crippen LogP contribution in [0, 0.1) is 5.92 Å². The molecule has 1 aromatic carbocycles. The number of hydrogen-bond donors (Lipinski definition) is 2. The molecule has 1 fully saturated rings. The van der Waals surface area contributed by atoms with Gasteiger partial charge in [0.1, 0.15) is 5.60 Å². The summed E-state index contributed by atoms with van der Waals surface area (Å²) in [6.45, 7) is 7.72. The minimum Gasteiger partial charge on any atom is -0.444 e. The number of fused-ring (bicyclic) bond motifs is 1. The van der Waals surface area contributed by atoms with Crippen LogP contribution in [0.1, 0.15) is 63.1 Å². The van der Waals surface area contributed by atoms with E-state index in [1.54, 1.807) is 0 Å². The van der Waals surface area contributed by atoms with Crippen molar-refractivity contribution in [2.24, 2.45) is 5.92 Å². The molecular weight excluding hydrogens is 300 g/mol. The molecule has 0 spiro atoms. The van der Waals surface area contributed by atoms with E-state index in [0.29, 0.717) is 0 Å². The maximum atomic E-state index is 11.9. The van der Waals surface area contributed by atoms with Crippen molar-refractivity contribution < 1.29 is 9.53 Å². The van der Waals surface area contributed by atoms with Crippen LogP contribution in [-0.4, -0.2) is 17.7 Å². The number of hydrogen-bond acceptors (Lipinski definition) is 3. The fourth-order valence-corrected chi connectivity index (χ4v) is 3.89. The molecule has 0 saturated heterocycles. The minimum absolute atomic E-state index is 0.263. The molecule has 1 amide bonds. The minimum atomic E-state index is -0.428. The molecule has 4 nitrogen and oxygen atoms in total. The van der Waals surface area contributed by atoms with E-state index in [4.69, 9.17) is 4.74 Å². The summed E-state index contributed by atoms with van der Waals surface area (Å²) in [5.74, 6) is 0.730. The van der Waals surface area contributed by atoms with Crippen molar-refractivity contribution in [3.05, 3.63) is 34.9 Å². The molecule has 3 rings (SSSR count). The number of carbonyl (C=O) groups is 1. The van der Waals surface area contributed by atoms with Crippen molar-refractivity contribution >= 4 is 6.09 Å². The van der Waals surface area contributed by atoms with Crippen molar-refractivity contribution in [1.82, 2.24) is 10.6 Å². The van der Waals surface area contributed by atoms with Gasteiger partial charge in [-0.05, 0) is 75.5 Å². The third-order valence-electron chi connectivity index (χ3n) is 5.06. The number of nitrogens with one attached hydrogen (secondary N) is 2. The summed E-state index contributed by atoms with van der Waals surface area (Å²) in [5.41, 5.74) is 4.07. The Balaban J connectivity index is 1.48. The summed E-state index contributed by atoms with van der Waals surface area (Å²) in [6, 6.07) is 6.98. The van der Waals surface area contributed by atoms with E-state index >= 15 is 0 Å². The van der Waals surface area contributed by atoms with Gasteiger partial charge in [0.05, 0.1) is 0 Å². The molecule has 1 aliphatic carbocycles. The molecule has 0 radical (unpaired) electrons. The summed E-state index contributed by atoms with van der Waals surface area (Å²) in [6.07, 6.45) is 5.35. The van der Waals surface area contributed by atoms with Crippen LogP contribution < -0.4 is 10.6 Å². The Morgan fingerprint density at radius 2 is 1.96 bits per heavy atom. The third-order valence-corrected chi connectivity index (χ3v) is 5.06. The number of carbonyl (C=O) groups excluding carboxylic acids is 1. The van der Waals surface area contributed by atoms with Crippen LogP contribution in [-0.2, 0) is 24.2 Å². The van der Waals surface area contributed by atoms with Crippen LogP contribution in [0.25, 0.3) is 0 Å². The second-order valence-corrected chi connectivity index (χ2v) is 8.23. The van der Waals surface area contributed by atoms with Gasteiger partial charge in [-0.25, -0.2) is 4.79 Å². The summed E-state index contributed by atoms with van der Waals surface area (Å²) in [7, 11) is 0. The van der Waals surface area contributed by atoms with E-state index in [1.165, 1.54) is 36.0 Å². The van der Waals surface area contributed by atoms with Crippen LogP contribution in [0.15, 0.2) is 18.2 Å². The van der Waals surface area contributed by atoms with Gasteiger partial charge in [-0.2, -0.15) is 0 Å². The summed E-state index contributed by atoms with van der Waals surface area (Å²) in [5, 5.41) is 6.48. The average molecular weight is 330 g/mol. The van der Waals surface area contributed by atoms with E-state index in [1.807, 2.05) is 20.8 Å². The topological polar surface area (TPSA) is 50.4 Å². The lowest BCUT2D eigenvalue weighted by Crippen LogP contribution is -2.41. The van der Waals surface area contributed by atoms with E-state index in [2.05, 4.69) is 28.8 Å². The normalized spacial score (nSPS) is 23.6. The molecule has 0 aromatic heterocycles. The van der Waals surface area contributed by atoms with Crippen molar-refractivity contribution in [3.8, 4) is 0 Å². The Labute approximate surface area is 145 Å². The Morgan fingerprint density at radius 3 is 2.67 bits per heavy atom. The van der Waals surface area contributed by atoms with Crippen molar-refractivity contribution in [1.29, 1.82) is 0 Å². The van der Waals surface area contributed by atoms with Gasteiger partial charge in [-0.1, -0.05) is 18.2 Å². The lowest BCUT2D eigenvalue weighted by atomic mass is 9.81. The van der Waals surface area contributed by atoms with Gasteiger partial charge in [0.15, 0.2) is 0 Å². The Morgan fingerprint density at radius 1 is 1.21 bits per heavy atom. The van der Waals surface area contributed by atoms with E-state index < -0.39 is 5.60 Å². The molecule has 24 heavy (non-hydrogen) atoms. The Bertz CT molecular complexity index is 584. The number of rotatable bonds is 3. The smallest absolute Gasteiger partial charge is 0.407 e. The molecule has 1 aromatic rings. The highest BCUT2D eigenvalue weighted by Gasteiger charge is 2.25. The Hall–Kier alpha value is -1.55. The highest BCUT2D eigenvalue weighted by atomic mass is 16.6. The third kappa shape index (κ3) is 4.50. The van der Waals surface area contributed by atoms with Gasteiger partial charge in [0.2, 0.25) is 0 Å². The summed E-state index contributed by atoms with van der Waals surface area (Å²) < 4.78 is 5.36. The first-order valence-electron chi connectivity index (χ1n) is 9.20. The molecule has 0 unspecified atom stereocenters. The van der Waals surface area contributed by atoms with Crippen LogP contribution >= 0.6 is 0 Å². The molecule has 2 N–H and O–H groups in total. The first kappa shape index (κ1) is 17.3. The number of amides is 1. The van der Waals surface area contributed by atoms with Gasteiger partial charge in [0, 0.05) is 19.1 Å². The second kappa shape index (κ2) is 7.14. The standard InChI is InChI=1S/C20H30N2O2/c1-20(2,3)24-19(23)22-17-9-7-14(8-10-17)11-15-5-4-6-16-12-21-13-18(15)16/h4-6,14,17,21H,7-13H2,1-3H3,(H,22,23). The van der Waals surface area contributed by atoms with Gasteiger partial charge in [0.25, 0.3) is 0 Å². The molecule has 1 aliphatic heterocycles. The van der Waals surface area contributed by atoms with Gasteiger partial charge in [-0.3, -0.25) is 0 Å². The monoisotopic (exact) mass is 330 g/mol. The molecule has 4 heteroatoms. The van der Waals surface area contributed by atoms with E-state index in [0.717, 1.165) is 31.8 Å². The SMILES string of the molecule is CC(C)(C)OC(=O)NC1CCC(Cc2cccc3c2CNC3)CC1. The zero-order valence-corrected chi connectivity index (χ0v) is 15.2.